The molecule has 1 atom stereocenters. The lowest BCUT2D eigenvalue weighted by Crippen LogP contribution is -2.52. The van der Waals surface area contributed by atoms with E-state index in [1.54, 1.807) is 11.0 Å². The van der Waals surface area contributed by atoms with Gasteiger partial charge in [-0.1, -0.05) is 18.7 Å². The summed E-state index contributed by atoms with van der Waals surface area (Å²) in [5, 5.41) is 2.32. The first-order valence-corrected chi connectivity index (χ1v) is 7.26. The molecule has 0 spiro atoms. The number of carbonyl (C=O) groups excluding carboxylic acids is 3. The van der Waals surface area contributed by atoms with E-state index in [-0.39, 0.29) is 18.2 Å². The number of hydrogen-bond donors (Lipinski definition) is 1. The molecule has 0 aromatic carbocycles. The van der Waals surface area contributed by atoms with Crippen molar-refractivity contribution in [2.75, 3.05) is 0 Å². The number of nitrogens with one attached hydrogen (secondary N) is 1. The molecule has 4 rings (SSSR count). The van der Waals surface area contributed by atoms with Gasteiger partial charge in [-0.05, 0) is 35.3 Å². The predicted molar refractivity (Wildman–Crippen MR) is 79.1 cm³/mol. The Hall–Kier alpha value is -2.69. The zero-order valence-corrected chi connectivity index (χ0v) is 11.9. The Balaban J connectivity index is 1.79. The van der Waals surface area contributed by atoms with Gasteiger partial charge in [0.15, 0.2) is 0 Å². The van der Waals surface area contributed by atoms with Gasteiger partial charge in [0.25, 0.3) is 5.91 Å². The average Bonchev–Trinajstić information content (AvgIpc) is 2.80. The van der Waals surface area contributed by atoms with Gasteiger partial charge in [-0.25, -0.2) is 0 Å². The molecule has 1 saturated heterocycles. The minimum absolute atomic E-state index is 0.156. The molecule has 2 aliphatic carbocycles. The lowest BCUT2D eigenvalue weighted by Gasteiger charge is -2.32. The summed E-state index contributed by atoms with van der Waals surface area (Å²) in [7, 11) is 0. The van der Waals surface area contributed by atoms with Crippen molar-refractivity contribution in [2.45, 2.75) is 25.3 Å². The van der Waals surface area contributed by atoms with Crippen molar-refractivity contribution >= 4 is 17.7 Å². The smallest absolute Gasteiger partial charge is 0.259 e. The van der Waals surface area contributed by atoms with Gasteiger partial charge in [0.1, 0.15) is 6.04 Å². The van der Waals surface area contributed by atoms with Crippen molar-refractivity contribution < 1.29 is 14.4 Å². The fourth-order valence-corrected chi connectivity index (χ4v) is 3.47. The molecular weight excluding hydrogens is 280 g/mol. The summed E-state index contributed by atoms with van der Waals surface area (Å²) >= 11 is 0. The molecule has 2 heterocycles. The first-order chi connectivity index (χ1) is 10.6. The molecule has 0 aromatic heterocycles. The highest BCUT2D eigenvalue weighted by Crippen LogP contribution is 2.44. The van der Waals surface area contributed by atoms with Gasteiger partial charge >= 0.3 is 0 Å². The molecule has 4 aliphatic rings. The fraction of sp³-hybridized carbons (Fsp3) is 0.235. The van der Waals surface area contributed by atoms with E-state index in [9.17, 15) is 14.4 Å². The van der Waals surface area contributed by atoms with Gasteiger partial charge in [-0.3, -0.25) is 24.6 Å². The molecule has 3 amide bonds. The third-order valence-corrected chi connectivity index (χ3v) is 4.57. The maximum absolute atomic E-state index is 12.7. The van der Waals surface area contributed by atoms with Crippen LogP contribution in [-0.2, 0) is 14.4 Å². The number of nitrogens with zero attached hydrogens (tertiary/aromatic N) is 1. The maximum atomic E-state index is 12.7. The summed E-state index contributed by atoms with van der Waals surface area (Å²) < 4.78 is 0. The Morgan fingerprint density at radius 1 is 1.27 bits per heavy atom. The lowest BCUT2D eigenvalue weighted by atomic mass is 9.86. The third-order valence-electron chi connectivity index (χ3n) is 4.57. The summed E-state index contributed by atoms with van der Waals surface area (Å²) in [5.74, 6) is -0.835. The molecule has 0 radical (unpaired) electrons. The zero-order chi connectivity index (χ0) is 15.4. The van der Waals surface area contributed by atoms with Gasteiger partial charge < -0.3 is 0 Å². The Kier molecular flexibility index (Phi) is 2.60. The van der Waals surface area contributed by atoms with Crippen molar-refractivity contribution in [1.29, 1.82) is 0 Å². The highest BCUT2D eigenvalue weighted by molar-refractivity contribution is 6.08. The van der Waals surface area contributed by atoms with Crippen LogP contribution in [0.25, 0.3) is 0 Å². The first kappa shape index (κ1) is 13.0. The molecular formula is C17H14N2O3. The summed E-state index contributed by atoms with van der Waals surface area (Å²) in [6.07, 6.45) is 8.74. The van der Waals surface area contributed by atoms with Crippen LogP contribution in [0.2, 0.25) is 0 Å². The molecule has 5 nitrogen and oxygen atoms in total. The van der Waals surface area contributed by atoms with Crippen LogP contribution in [0.3, 0.4) is 0 Å². The lowest BCUT2D eigenvalue weighted by molar-refractivity contribution is -0.141. The second-order valence-electron chi connectivity index (χ2n) is 5.76. The van der Waals surface area contributed by atoms with Gasteiger partial charge in [0.2, 0.25) is 11.8 Å². The van der Waals surface area contributed by atoms with E-state index < -0.39 is 11.9 Å². The molecule has 22 heavy (non-hydrogen) atoms. The van der Waals surface area contributed by atoms with Gasteiger partial charge in [-0.2, -0.15) is 0 Å². The van der Waals surface area contributed by atoms with Crippen LogP contribution in [-0.4, -0.2) is 28.7 Å². The summed E-state index contributed by atoms with van der Waals surface area (Å²) in [6.45, 7) is 3.82. The Morgan fingerprint density at radius 3 is 2.82 bits per heavy atom. The molecule has 110 valence electrons. The number of amides is 3. The van der Waals surface area contributed by atoms with Crippen LogP contribution in [0, 0.1) is 0 Å². The van der Waals surface area contributed by atoms with E-state index in [4.69, 9.17) is 0 Å². The van der Waals surface area contributed by atoms with Crippen molar-refractivity contribution in [3.63, 3.8) is 0 Å². The summed E-state index contributed by atoms with van der Waals surface area (Å²) in [4.78, 5) is 37.7. The van der Waals surface area contributed by atoms with Crippen LogP contribution in [0.15, 0.2) is 58.9 Å². The minimum atomic E-state index is -0.622. The van der Waals surface area contributed by atoms with Crippen molar-refractivity contribution in [2.24, 2.45) is 0 Å². The molecule has 1 fully saturated rings. The second kappa shape index (κ2) is 4.40. The quantitative estimate of drug-likeness (QED) is 0.780. The van der Waals surface area contributed by atoms with Crippen molar-refractivity contribution in [3.05, 3.63) is 58.9 Å². The monoisotopic (exact) mass is 294 g/mol. The standard InChI is InChI=1S/C17H14N2O3/c1-2-9-8-14-12-7-10(9)3-4-11(12)17(22)19(14)13-5-6-15(20)18-16(13)21/h2-4,8,13H,1,5-7H2,(H,18,20,21). The van der Waals surface area contributed by atoms with Crippen LogP contribution in [0.5, 0.6) is 0 Å². The topological polar surface area (TPSA) is 66.5 Å². The Labute approximate surface area is 127 Å². The number of imide groups is 1. The van der Waals surface area contributed by atoms with Crippen LogP contribution in [0.4, 0.5) is 0 Å². The van der Waals surface area contributed by atoms with Crippen LogP contribution in [0.1, 0.15) is 19.3 Å². The van der Waals surface area contributed by atoms with E-state index in [1.807, 2.05) is 18.2 Å². The number of fused-ring (bicyclic) bond motifs is 1. The van der Waals surface area contributed by atoms with Crippen molar-refractivity contribution in [1.82, 2.24) is 10.2 Å². The molecule has 1 unspecified atom stereocenters. The summed E-state index contributed by atoms with van der Waals surface area (Å²) in [5.41, 5.74) is 4.51. The molecule has 2 bridgehead atoms. The maximum Gasteiger partial charge on any atom is 0.259 e. The predicted octanol–water partition coefficient (Wildman–Crippen LogP) is 1.27. The SMILES string of the molecule is C=CC1=C2C=CC3=C(C2)C(=C1)N(C1CCC(=O)NC1=O)C3=O. The molecule has 5 heteroatoms. The minimum Gasteiger partial charge on any atom is -0.296 e. The zero-order valence-electron chi connectivity index (χ0n) is 11.9. The largest absolute Gasteiger partial charge is 0.296 e. The third kappa shape index (κ3) is 1.62. The number of hydrogen-bond acceptors (Lipinski definition) is 3. The van der Waals surface area contributed by atoms with E-state index in [0.29, 0.717) is 18.4 Å². The average molecular weight is 294 g/mol. The molecule has 0 aromatic rings. The normalized spacial score (nSPS) is 26.5. The van der Waals surface area contributed by atoms with E-state index in [2.05, 4.69) is 11.9 Å². The fourth-order valence-electron chi connectivity index (χ4n) is 3.47. The molecule has 2 aliphatic heterocycles. The highest BCUT2D eigenvalue weighted by Gasteiger charge is 2.44. The van der Waals surface area contributed by atoms with E-state index >= 15 is 0 Å². The van der Waals surface area contributed by atoms with E-state index in [1.165, 1.54) is 0 Å². The number of allylic oxidation sites excluding steroid dienone is 6. The van der Waals surface area contributed by atoms with Gasteiger partial charge in [0.05, 0.1) is 0 Å². The van der Waals surface area contributed by atoms with Crippen LogP contribution >= 0.6 is 0 Å². The highest BCUT2D eigenvalue weighted by atomic mass is 16.2. The van der Waals surface area contributed by atoms with Gasteiger partial charge in [0, 0.05) is 24.1 Å². The van der Waals surface area contributed by atoms with Gasteiger partial charge in [-0.15, -0.1) is 0 Å². The molecule has 1 N–H and O–H groups in total. The van der Waals surface area contributed by atoms with E-state index in [0.717, 1.165) is 22.4 Å². The summed E-state index contributed by atoms with van der Waals surface area (Å²) in [6, 6.07) is -0.622. The number of rotatable bonds is 2. The Bertz CT molecular complexity index is 780. The Morgan fingerprint density at radius 2 is 2.09 bits per heavy atom. The second-order valence-corrected chi connectivity index (χ2v) is 5.76. The number of piperidine rings is 1. The number of carbonyl (C=O) groups is 3. The molecule has 0 saturated carbocycles. The first-order valence-electron chi connectivity index (χ1n) is 7.26. The van der Waals surface area contributed by atoms with Crippen LogP contribution < -0.4 is 5.32 Å². The van der Waals surface area contributed by atoms with Crippen molar-refractivity contribution in [3.8, 4) is 0 Å².